The number of rotatable bonds is 9. The summed E-state index contributed by atoms with van der Waals surface area (Å²) in [5.74, 6) is 0.913. The average Bonchev–Trinajstić information content (AvgIpc) is 3.17. The van der Waals surface area contributed by atoms with Crippen molar-refractivity contribution in [3.8, 4) is 5.75 Å². The zero-order chi connectivity index (χ0) is 25.8. The van der Waals surface area contributed by atoms with Gasteiger partial charge in [0.25, 0.3) is 10.2 Å². The van der Waals surface area contributed by atoms with Crippen LogP contribution < -0.4 is 4.74 Å². The van der Waals surface area contributed by atoms with E-state index in [1.165, 1.54) is 29.8 Å². The molecule has 1 aromatic carbocycles. The van der Waals surface area contributed by atoms with Crippen LogP contribution in [0.5, 0.6) is 5.75 Å². The molecular formula is C24H37N3O7S. The van der Waals surface area contributed by atoms with E-state index in [1.807, 2.05) is 19.1 Å². The van der Waals surface area contributed by atoms with E-state index < -0.39 is 28.4 Å². The first-order valence-corrected chi connectivity index (χ1v) is 13.3. The van der Waals surface area contributed by atoms with E-state index in [4.69, 9.17) is 14.2 Å². The molecule has 10 nitrogen and oxygen atoms in total. The predicted octanol–water partition coefficient (Wildman–Crippen LogP) is 2.43. The lowest BCUT2D eigenvalue weighted by Gasteiger charge is -2.36. The zero-order valence-corrected chi connectivity index (χ0v) is 22.0. The quantitative estimate of drug-likeness (QED) is 0.501. The van der Waals surface area contributed by atoms with Crippen molar-refractivity contribution >= 4 is 22.1 Å². The Bertz CT molecular complexity index is 973. The molecule has 1 aliphatic heterocycles. The second-order valence-corrected chi connectivity index (χ2v) is 11.4. The van der Waals surface area contributed by atoms with Gasteiger partial charge in [0.15, 0.2) is 0 Å². The van der Waals surface area contributed by atoms with Crippen LogP contribution in [0.3, 0.4) is 0 Å². The van der Waals surface area contributed by atoms with Crippen molar-refractivity contribution in [3.05, 3.63) is 29.8 Å². The van der Waals surface area contributed by atoms with Gasteiger partial charge in [-0.3, -0.25) is 9.69 Å². The molecule has 3 atom stereocenters. The summed E-state index contributed by atoms with van der Waals surface area (Å²) in [7, 11) is 2.05. The van der Waals surface area contributed by atoms with Crippen LogP contribution >= 0.6 is 0 Å². The molecule has 196 valence electrons. The fraction of sp³-hybridized carbons (Fsp3) is 0.667. The number of carbonyl (C=O) groups is 2. The molecule has 2 aliphatic rings. The summed E-state index contributed by atoms with van der Waals surface area (Å²) in [5, 5.41) is 0. The lowest BCUT2D eigenvalue weighted by atomic mass is 9.96. The van der Waals surface area contributed by atoms with Crippen LogP contribution in [0.4, 0.5) is 4.79 Å². The van der Waals surface area contributed by atoms with E-state index in [1.54, 1.807) is 24.1 Å². The number of hydrogen-bond acceptors (Lipinski definition) is 7. The summed E-state index contributed by atoms with van der Waals surface area (Å²) in [6.07, 6.45) is 2.06. The summed E-state index contributed by atoms with van der Waals surface area (Å²) < 4.78 is 46.1. The Hall–Kier alpha value is -2.21. The minimum absolute atomic E-state index is 0.0933. The third kappa shape index (κ3) is 6.32. The molecule has 1 heterocycles. The maximum Gasteiger partial charge on any atom is 0.410 e. The van der Waals surface area contributed by atoms with Crippen molar-refractivity contribution in [2.45, 2.75) is 69.8 Å². The van der Waals surface area contributed by atoms with Gasteiger partial charge in [-0.2, -0.15) is 17.0 Å². The van der Waals surface area contributed by atoms with Gasteiger partial charge in [-0.05, 0) is 43.9 Å². The topological polar surface area (TPSA) is 106 Å². The molecule has 0 N–H and O–H groups in total. The highest BCUT2D eigenvalue weighted by molar-refractivity contribution is 7.86. The van der Waals surface area contributed by atoms with Crippen LogP contribution in [0.25, 0.3) is 0 Å². The van der Waals surface area contributed by atoms with Gasteiger partial charge in [0, 0.05) is 39.5 Å². The molecular weight excluding hydrogens is 474 g/mol. The highest BCUT2D eigenvalue weighted by Gasteiger charge is 2.49. The molecule has 1 aromatic rings. The van der Waals surface area contributed by atoms with Crippen molar-refractivity contribution in [3.63, 3.8) is 0 Å². The number of hydrogen-bond donors (Lipinski definition) is 0. The minimum atomic E-state index is -3.84. The normalized spacial score (nSPS) is 23.8. The van der Waals surface area contributed by atoms with Crippen LogP contribution in [-0.2, 0) is 31.0 Å². The number of methoxy groups -OCH3 is 2. The van der Waals surface area contributed by atoms with Gasteiger partial charge in [0.2, 0.25) is 0 Å². The van der Waals surface area contributed by atoms with Crippen LogP contribution in [0.2, 0.25) is 0 Å². The summed E-state index contributed by atoms with van der Waals surface area (Å²) in [6.45, 7) is 2.17. The van der Waals surface area contributed by atoms with Crippen LogP contribution in [0.1, 0.15) is 44.6 Å². The minimum Gasteiger partial charge on any atom is -0.497 e. The van der Waals surface area contributed by atoms with Gasteiger partial charge in [-0.15, -0.1) is 0 Å². The molecule has 1 amide bonds. The first kappa shape index (κ1) is 27.4. The number of ether oxygens (including phenoxy) is 3. The molecule has 1 saturated heterocycles. The Balaban J connectivity index is 1.91. The Kier molecular flexibility index (Phi) is 9.14. The zero-order valence-electron chi connectivity index (χ0n) is 21.2. The summed E-state index contributed by atoms with van der Waals surface area (Å²) in [5.41, 5.74) is 0.797. The van der Waals surface area contributed by atoms with E-state index in [9.17, 15) is 18.0 Å². The SMILES string of the molecule is COC(=O)N1[C@H](C)C[C@H](N(Cc2ccc(OC)cc2)S(=O)(=O)N(C)C)[C@@H]1COC1CCC(=O)CC1. The van der Waals surface area contributed by atoms with Gasteiger partial charge in [-0.25, -0.2) is 4.79 Å². The lowest BCUT2D eigenvalue weighted by molar-refractivity contribution is -0.123. The second-order valence-electron chi connectivity index (χ2n) is 9.35. The van der Waals surface area contributed by atoms with E-state index in [-0.39, 0.29) is 31.1 Å². The highest BCUT2D eigenvalue weighted by Crippen LogP contribution is 2.33. The number of benzene rings is 1. The van der Waals surface area contributed by atoms with Crippen LogP contribution in [-0.4, -0.2) is 93.0 Å². The van der Waals surface area contributed by atoms with Gasteiger partial charge in [-0.1, -0.05) is 12.1 Å². The first-order chi connectivity index (χ1) is 16.6. The van der Waals surface area contributed by atoms with Gasteiger partial charge >= 0.3 is 6.09 Å². The van der Waals surface area contributed by atoms with Crippen LogP contribution in [0.15, 0.2) is 24.3 Å². The van der Waals surface area contributed by atoms with Crippen molar-refractivity contribution in [1.82, 2.24) is 13.5 Å². The monoisotopic (exact) mass is 511 g/mol. The van der Waals surface area contributed by atoms with Crippen molar-refractivity contribution in [2.75, 3.05) is 34.9 Å². The van der Waals surface area contributed by atoms with Crippen molar-refractivity contribution in [2.24, 2.45) is 0 Å². The van der Waals surface area contributed by atoms with E-state index in [0.717, 1.165) is 5.56 Å². The molecule has 11 heteroatoms. The van der Waals surface area contributed by atoms with E-state index in [2.05, 4.69) is 0 Å². The standard InChI is InChI=1S/C24H37N3O7S/c1-17-14-22(23(27(17)24(29)33-5)16-34-21-12-8-19(28)9-13-21)26(35(30,31)25(2)3)15-18-6-10-20(32-4)11-7-18/h6-7,10-11,17,21-23H,8-9,12-16H2,1-5H3/t17-,22+,23+/m1/s1. The number of carbonyl (C=O) groups excluding carboxylic acids is 2. The molecule has 2 fully saturated rings. The smallest absolute Gasteiger partial charge is 0.410 e. The first-order valence-electron chi connectivity index (χ1n) is 11.9. The average molecular weight is 512 g/mol. The Morgan fingerprint density at radius 3 is 2.29 bits per heavy atom. The number of ketones is 1. The number of nitrogens with zero attached hydrogens (tertiary/aromatic N) is 3. The third-order valence-corrected chi connectivity index (χ3v) is 8.78. The van der Waals surface area contributed by atoms with Gasteiger partial charge in [0.05, 0.1) is 39.0 Å². The fourth-order valence-electron chi connectivity index (χ4n) is 4.86. The van der Waals surface area contributed by atoms with Crippen LogP contribution in [0, 0.1) is 0 Å². The molecule has 1 saturated carbocycles. The van der Waals surface area contributed by atoms with Gasteiger partial charge < -0.3 is 14.2 Å². The number of amides is 1. The maximum atomic E-state index is 13.5. The molecule has 35 heavy (non-hydrogen) atoms. The Morgan fingerprint density at radius 2 is 1.74 bits per heavy atom. The molecule has 0 unspecified atom stereocenters. The summed E-state index contributed by atoms with van der Waals surface area (Å²) in [4.78, 5) is 25.9. The summed E-state index contributed by atoms with van der Waals surface area (Å²) in [6, 6.07) is 5.93. The molecule has 1 aliphatic carbocycles. The molecule has 0 spiro atoms. The van der Waals surface area contributed by atoms with E-state index >= 15 is 0 Å². The molecule has 3 rings (SSSR count). The lowest BCUT2D eigenvalue weighted by Crippen LogP contribution is -2.53. The summed E-state index contributed by atoms with van der Waals surface area (Å²) >= 11 is 0. The number of Topliss-reactive ketones (excluding diaryl/α,β-unsaturated/α-hetero) is 1. The largest absolute Gasteiger partial charge is 0.497 e. The predicted molar refractivity (Wildman–Crippen MR) is 130 cm³/mol. The number of likely N-dealkylation sites (tertiary alicyclic amines) is 1. The Morgan fingerprint density at radius 1 is 1.11 bits per heavy atom. The molecule has 0 aromatic heterocycles. The highest BCUT2D eigenvalue weighted by atomic mass is 32.2. The molecule has 0 radical (unpaired) electrons. The second kappa shape index (κ2) is 11.7. The third-order valence-electron chi connectivity index (χ3n) is 6.86. The van der Waals surface area contributed by atoms with Crippen molar-refractivity contribution in [1.29, 1.82) is 0 Å². The van der Waals surface area contributed by atoms with Gasteiger partial charge in [0.1, 0.15) is 11.5 Å². The Labute approximate surface area is 208 Å². The van der Waals surface area contributed by atoms with Crippen molar-refractivity contribution < 1.29 is 32.2 Å². The maximum absolute atomic E-state index is 13.5. The van der Waals surface area contributed by atoms with E-state index in [0.29, 0.717) is 37.9 Å². The molecule has 0 bridgehead atoms. The fourth-order valence-corrected chi connectivity index (χ4v) is 6.16.